The Morgan fingerprint density at radius 2 is 1.60 bits per heavy atom. The van der Waals surface area contributed by atoms with Gasteiger partial charge in [-0.1, -0.05) is 26.2 Å². The number of nitrogens with one attached hydrogen (secondary N) is 1. The van der Waals surface area contributed by atoms with Crippen LogP contribution in [0, 0.1) is 0 Å². The molecular weight excluding hydrogens is 214 g/mol. The van der Waals surface area contributed by atoms with Crippen LogP contribution >= 0.6 is 0 Å². The summed E-state index contributed by atoms with van der Waals surface area (Å²) in [5.41, 5.74) is 0. The van der Waals surface area contributed by atoms with E-state index in [2.05, 4.69) is 12.2 Å². The topological polar surface area (TPSA) is 66.4 Å². The van der Waals surface area contributed by atoms with Crippen LogP contribution in [0.25, 0.3) is 0 Å². The van der Waals surface area contributed by atoms with Gasteiger partial charge in [0.15, 0.2) is 0 Å². The van der Waals surface area contributed by atoms with Crippen LogP contribution in [0.15, 0.2) is 0 Å². The van der Waals surface area contributed by atoms with E-state index in [-0.39, 0.29) is 5.75 Å². The third-order valence-corrected chi connectivity index (χ3v) is 3.02. The predicted octanol–water partition coefficient (Wildman–Crippen LogP) is 1.82. The molecule has 0 aliphatic carbocycles. The maximum absolute atomic E-state index is 10.4. The van der Waals surface area contributed by atoms with Gasteiger partial charge in [0.05, 0.1) is 5.75 Å². The van der Waals surface area contributed by atoms with E-state index < -0.39 is 10.1 Å². The van der Waals surface area contributed by atoms with Crippen LogP contribution < -0.4 is 5.32 Å². The summed E-state index contributed by atoms with van der Waals surface area (Å²) in [5.74, 6) is -0.101. The molecule has 0 atom stereocenters. The van der Waals surface area contributed by atoms with E-state index >= 15 is 0 Å². The predicted molar refractivity (Wildman–Crippen MR) is 62.7 cm³/mol. The molecule has 0 rings (SSSR count). The summed E-state index contributed by atoms with van der Waals surface area (Å²) in [6.07, 6.45) is 5.96. The molecule has 0 aromatic rings. The van der Waals surface area contributed by atoms with Crippen LogP contribution in [0.3, 0.4) is 0 Å². The molecule has 92 valence electrons. The molecule has 0 aliphatic heterocycles. The van der Waals surface area contributed by atoms with Gasteiger partial charge in [0, 0.05) is 0 Å². The zero-order chi connectivity index (χ0) is 11.6. The molecule has 0 saturated heterocycles. The second kappa shape index (κ2) is 9.12. The van der Waals surface area contributed by atoms with Crippen molar-refractivity contribution in [2.24, 2.45) is 0 Å². The summed E-state index contributed by atoms with van der Waals surface area (Å²) in [7, 11) is -3.74. The van der Waals surface area contributed by atoms with E-state index in [0.29, 0.717) is 6.42 Å². The molecule has 15 heavy (non-hydrogen) atoms. The summed E-state index contributed by atoms with van der Waals surface area (Å²) in [5, 5.41) is 3.33. The summed E-state index contributed by atoms with van der Waals surface area (Å²) in [6, 6.07) is 0. The monoisotopic (exact) mass is 237 g/mol. The van der Waals surface area contributed by atoms with Gasteiger partial charge in [-0.2, -0.15) is 8.42 Å². The van der Waals surface area contributed by atoms with Gasteiger partial charge in [-0.3, -0.25) is 4.55 Å². The van der Waals surface area contributed by atoms with E-state index in [4.69, 9.17) is 4.55 Å². The van der Waals surface area contributed by atoms with Crippen LogP contribution in [-0.4, -0.2) is 31.8 Å². The molecule has 0 aromatic heterocycles. The van der Waals surface area contributed by atoms with Gasteiger partial charge < -0.3 is 5.32 Å². The number of rotatable bonds is 10. The second-order valence-electron chi connectivity index (χ2n) is 3.80. The van der Waals surface area contributed by atoms with Crippen molar-refractivity contribution in [3.8, 4) is 0 Å². The summed E-state index contributed by atoms with van der Waals surface area (Å²) >= 11 is 0. The molecule has 0 spiro atoms. The highest BCUT2D eigenvalue weighted by atomic mass is 32.2. The van der Waals surface area contributed by atoms with Crippen LogP contribution in [-0.2, 0) is 10.1 Å². The highest BCUT2D eigenvalue weighted by Gasteiger charge is 2.02. The lowest BCUT2D eigenvalue weighted by molar-refractivity contribution is 0.478. The van der Waals surface area contributed by atoms with Crippen LogP contribution in [0.4, 0.5) is 0 Å². The molecule has 0 amide bonds. The molecule has 0 radical (unpaired) electrons. The molecule has 0 saturated carbocycles. The van der Waals surface area contributed by atoms with Crippen LogP contribution in [0.5, 0.6) is 0 Å². The fourth-order valence-corrected chi connectivity index (χ4v) is 1.88. The smallest absolute Gasteiger partial charge is 0.264 e. The van der Waals surface area contributed by atoms with Crippen molar-refractivity contribution in [1.29, 1.82) is 0 Å². The Morgan fingerprint density at radius 1 is 1.00 bits per heavy atom. The minimum atomic E-state index is -3.74. The average molecular weight is 237 g/mol. The molecule has 4 nitrogen and oxygen atoms in total. The van der Waals surface area contributed by atoms with Crippen molar-refractivity contribution in [3.63, 3.8) is 0 Å². The summed E-state index contributed by atoms with van der Waals surface area (Å²) < 4.78 is 29.2. The Hall–Kier alpha value is -0.130. The van der Waals surface area contributed by atoms with Gasteiger partial charge in [0.1, 0.15) is 0 Å². The van der Waals surface area contributed by atoms with E-state index in [1.807, 2.05) is 0 Å². The molecular formula is C10H23NO3S. The first-order valence-corrected chi connectivity index (χ1v) is 7.33. The first-order valence-electron chi connectivity index (χ1n) is 5.72. The van der Waals surface area contributed by atoms with Gasteiger partial charge in [0.25, 0.3) is 10.1 Å². The van der Waals surface area contributed by atoms with Gasteiger partial charge in [-0.05, 0) is 32.4 Å². The molecule has 2 N–H and O–H groups in total. The lowest BCUT2D eigenvalue weighted by Gasteiger charge is -2.03. The van der Waals surface area contributed by atoms with Crippen LogP contribution in [0.1, 0.15) is 45.4 Å². The van der Waals surface area contributed by atoms with E-state index in [0.717, 1.165) is 32.4 Å². The van der Waals surface area contributed by atoms with E-state index in [9.17, 15) is 8.42 Å². The van der Waals surface area contributed by atoms with Gasteiger partial charge in [-0.25, -0.2) is 0 Å². The zero-order valence-corrected chi connectivity index (χ0v) is 10.4. The molecule has 0 fully saturated rings. The SMILES string of the molecule is CCCCNCCCCCCS(=O)(=O)O. The fraction of sp³-hybridized carbons (Fsp3) is 1.00. The number of hydrogen-bond donors (Lipinski definition) is 2. The highest BCUT2D eigenvalue weighted by molar-refractivity contribution is 7.85. The molecule has 0 unspecified atom stereocenters. The van der Waals surface area contributed by atoms with Crippen LogP contribution in [0.2, 0.25) is 0 Å². The number of hydrogen-bond acceptors (Lipinski definition) is 3. The molecule has 0 aromatic carbocycles. The third-order valence-electron chi connectivity index (χ3n) is 2.21. The molecule has 0 bridgehead atoms. The van der Waals surface area contributed by atoms with Crippen molar-refractivity contribution in [1.82, 2.24) is 5.32 Å². The standard InChI is InChI=1S/C10H23NO3S/c1-2-3-8-11-9-6-4-5-7-10-15(12,13)14/h11H,2-10H2,1H3,(H,12,13,14). The largest absolute Gasteiger partial charge is 0.317 e. The summed E-state index contributed by atoms with van der Waals surface area (Å²) in [4.78, 5) is 0. The normalized spacial score (nSPS) is 11.9. The maximum atomic E-state index is 10.4. The Bertz CT molecular complexity index is 227. The quantitative estimate of drug-likeness (QED) is 0.449. The van der Waals surface area contributed by atoms with Gasteiger partial charge in [-0.15, -0.1) is 0 Å². The van der Waals surface area contributed by atoms with Gasteiger partial charge in [0.2, 0.25) is 0 Å². The Kier molecular flexibility index (Phi) is 9.04. The first-order chi connectivity index (χ1) is 7.06. The van der Waals surface area contributed by atoms with E-state index in [1.165, 1.54) is 12.8 Å². The van der Waals surface area contributed by atoms with Gasteiger partial charge >= 0.3 is 0 Å². The third kappa shape index (κ3) is 13.9. The van der Waals surface area contributed by atoms with Crippen molar-refractivity contribution in [2.75, 3.05) is 18.8 Å². The Morgan fingerprint density at radius 3 is 2.20 bits per heavy atom. The number of unbranched alkanes of at least 4 members (excludes halogenated alkanes) is 4. The first kappa shape index (κ1) is 14.9. The fourth-order valence-electron chi connectivity index (χ4n) is 1.31. The minimum absolute atomic E-state index is 0.101. The minimum Gasteiger partial charge on any atom is -0.317 e. The Labute approximate surface area is 93.2 Å². The highest BCUT2D eigenvalue weighted by Crippen LogP contribution is 2.01. The Balaban J connectivity index is 3.06. The molecule has 0 heterocycles. The molecule has 5 heteroatoms. The lowest BCUT2D eigenvalue weighted by Crippen LogP contribution is -2.16. The summed E-state index contributed by atoms with van der Waals surface area (Å²) in [6.45, 7) is 4.24. The second-order valence-corrected chi connectivity index (χ2v) is 5.38. The van der Waals surface area contributed by atoms with E-state index in [1.54, 1.807) is 0 Å². The average Bonchev–Trinajstić information content (AvgIpc) is 2.14. The van der Waals surface area contributed by atoms with Crippen molar-refractivity contribution >= 4 is 10.1 Å². The van der Waals surface area contributed by atoms with Crippen molar-refractivity contribution < 1.29 is 13.0 Å². The van der Waals surface area contributed by atoms with Crippen molar-refractivity contribution in [2.45, 2.75) is 45.4 Å². The van der Waals surface area contributed by atoms with Crippen molar-refractivity contribution in [3.05, 3.63) is 0 Å². The zero-order valence-electron chi connectivity index (χ0n) is 9.54. The lowest BCUT2D eigenvalue weighted by atomic mass is 10.2. The molecule has 0 aliphatic rings. The maximum Gasteiger partial charge on any atom is 0.264 e.